The quantitative estimate of drug-likeness (QED) is 0.583. The Labute approximate surface area is 138 Å². The van der Waals surface area contributed by atoms with Crippen molar-refractivity contribution in [3.05, 3.63) is 27.1 Å². The Bertz CT molecular complexity index is 663. The molecule has 0 spiro atoms. The molecule has 1 atom stereocenters. The number of amides is 1. The molecule has 1 aromatic carbocycles. The van der Waals surface area contributed by atoms with Gasteiger partial charge in [-0.05, 0) is 40.5 Å². The van der Waals surface area contributed by atoms with Crippen molar-refractivity contribution in [1.29, 1.82) is 0 Å². The second-order valence-corrected chi connectivity index (χ2v) is 7.54. The van der Waals surface area contributed by atoms with Crippen molar-refractivity contribution >= 4 is 53.8 Å². The number of benzene rings is 1. The number of carboxylic acid groups (broad SMARTS) is 1. The number of hydrogen-bond acceptors (Lipinski definition) is 4. The largest absolute Gasteiger partial charge is 0.480 e. The molecule has 21 heavy (non-hydrogen) atoms. The molecule has 1 amide bonds. The van der Waals surface area contributed by atoms with E-state index in [9.17, 15) is 18.0 Å². The number of carbonyl (C=O) groups is 2. The van der Waals surface area contributed by atoms with Crippen molar-refractivity contribution in [2.75, 3.05) is 0 Å². The van der Waals surface area contributed by atoms with Crippen LogP contribution < -0.4 is 10.5 Å². The van der Waals surface area contributed by atoms with Crippen LogP contribution in [0.4, 0.5) is 0 Å². The average molecular weight is 444 g/mol. The first kappa shape index (κ1) is 18.1. The number of halogens is 2. The summed E-state index contributed by atoms with van der Waals surface area (Å²) in [5.74, 6) is -2.08. The molecule has 0 aliphatic carbocycles. The SMILES string of the molecule is NC(=O)CC[C@H](NS(=O)(=O)c1ccc(Br)cc1Br)C(=O)O. The lowest BCUT2D eigenvalue weighted by molar-refractivity contribution is -0.139. The summed E-state index contributed by atoms with van der Waals surface area (Å²) in [6.45, 7) is 0. The Morgan fingerprint density at radius 1 is 1.33 bits per heavy atom. The lowest BCUT2D eigenvalue weighted by Crippen LogP contribution is -2.41. The minimum Gasteiger partial charge on any atom is -0.480 e. The van der Waals surface area contributed by atoms with Crippen molar-refractivity contribution < 1.29 is 23.1 Å². The van der Waals surface area contributed by atoms with E-state index in [1.165, 1.54) is 18.2 Å². The average Bonchev–Trinajstić information content (AvgIpc) is 2.33. The van der Waals surface area contributed by atoms with Crippen molar-refractivity contribution in [2.45, 2.75) is 23.8 Å². The number of nitrogens with one attached hydrogen (secondary N) is 1. The van der Waals surface area contributed by atoms with Gasteiger partial charge in [0, 0.05) is 15.4 Å². The zero-order chi connectivity index (χ0) is 16.2. The van der Waals surface area contributed by atoms with Crippen LogP contribution in [0.3, 0.4) is 0 Å². The number of hydrogen-bond donors (Lipinski definition) is 3. The van der Waals surface area contributed by atoms with Crippen molar-refractivity contribution in [3.63, 3.8) is 0 Å². The van der Waals surface area contributed by atoms with Gasteiger partial charge in [-0.1, -0.05) is 15.9 Å². The summed E-state index contributed by atoms with van der Waals surface area (Å²) in [5, 5.41) is 9.01. The van der Waals surface area contributed by atoms with Gasteiger partial charge in [0.15, 0.2) is 0 Å². The molecule has 116 valence electrons. The lowest BCUT2D eigenvalue weighted by Gasteiger charge is -2.15. The number of carbonyl (C=O) groups excluding carboxylic acids is 1. The monoisotopic (exact) mass is 442 g/mol. The fourth-order valence-electron chi connectivity index (χ4n) is 1.46. The maximum absolute atomic E-state index is 12.2. The van der Waals surface area contributed by atoms with E-state index in [0.29, 0.717) is 4.47 Å². The van der Waals surface area contributed by atoms with Gasteiger partial charge in [-0.15, -0.1) is 0 Å². The number of rotatable bonds is 7. The lowest BCUT2D eigenvalue weighted by atomic mass is 10.2. The number of primary amides is 1. The Kier molecular flexibility index (Phi) is 6.32. The van der Waals surface area contributed by atoms with Crippen molar-refractivity contribution in [1.82, 2.24) is 4.72 Å². The summed E-state index contributed by atoms with van der Waals surface area (Å²) < 4.78 is 27.4. The third-order valence-electron chi connectivity index (χ3n) is 2.46. The molecular weight excluding hydrogens is 432 g/mol. The van der Waals surface area contributed by atoms with Gasteiger partial charge < -0.3 is 10.8 Å². The zero-order valence-electron chi connectivity index (χ0n) is 10.5. The summed E-state index contributed by atoms with van der Waals surface area (Å²) in [6.07, 6.45) is -0.459. The molecule has 0 fully saturated rings. The molecule has 0 aliphatic rings. The molecule has 4 N–H and O–H groups in total. The standard InChI is InChI=1S/C11H12Br2N2O5S/c12-6-1-3-9(7(13)5-6)21(19,20)15-8(11(17)18)2-4-10(14)16/h1,3,5,8,15H,2,4H2,(H2,14,16)(H,17,18)/t8-/m0/s1. The minimum atomic E-state index is -4.05. The molecule has 0 radical (unpaired) electrons. The van der Waals surface area contributed by atoms with E-state index in [1.807, 2.05) is 4.72 Å². The summed E-state index contributed by atoms with van der Waals surface area (Å²) in [4.78, 5) is 21.7. The van der Waals surface area contributed by atoms with Crippen molar-refractivity contribution in [3.8, 4) is 0 Å². The van der Waals surface area contributed by atoms with E-state index in [4.69, 9.17) is 10.8 Å². The molecular formula is C11H12Br2N2O5S. The highest BCUT2D eigenvalue weighted by atomic mass is 79.9. The Morgan fingerprint density at radius 3 is 2.43 bits per heavy atom. The van der Waals surface area contributed by atoms with Gasteiger partial charge >= 0.3 is 5.97 Å². The maximum atomic E-state index is 12.2. The van der Waals surface area contributed by atoms with E-state index in [1.54, 1.807) is 0 Å². The molecule has 0 aromatic heterocycles. The van der Waals surface area contributed by atoms with Crippen LogP contribution in [0.25, 0.3) is 0 Å². The van der Waals surface area contributed by atoms with E-state index in [0.717, 1.165) is 0 Å². The van der Waals surface area contributed by atoms with Crippen LogP contribution in [0.1, 0.15) is 12.8 Å². The highest BCUT2D eigenvalue weighted by Gasteiger charge is 2.27. The third-order valence-corrected chi connectivity index (χ3v) is 5.40. The van der Waals surface area contributed by atoms with Crippen LogP contribution in [0.5, 0.6) is 0 Å². The summed E-state index contributed by atoms with van der Waals surface area (Å²) in [7, 11) is -4.05. The van der Waals surface area contributed by atoms with Gasteiger partial charge in [0.25, 0.3) is 0 Å². The number of sulfonamides is 1. The molecule has 0 saturated carbocycles. The first-order valence-electron chi connectivity index (χ1n) is 5.62. The Balaban J connectivity index is 3.00. The van der Waals surface area contributed by atoms with Crippen LogP contribution in [0, 0.1) is 0 Å². The van der Waals surface area contributed by atoms with E-state index >= 15 is 0 Å². The predicted molar refractivity (Wildman–Crippen MR) is 82.0 cm³/mol. The molecule has 7 nitrogen and oxygen atoms in total. The van der Waals surface area contributed by atoms with Gasteiger partial charge in [-0.25, -0.2) is 8.42 Å². The molecule has 10 heteroatoms. The second kappa shape index (κ2) is 7.34. The van der Waals surface area contributed by atoms with Crippen LogP contribution >= 0.6 is 31.9 Å². The first-order valence-corrected chi connectivity index (χ1v) is 8.69. The fourth-order valence-corrected chi connectivity index (χ4v) is 4.43. The van der Waals surface area contributed by atoms with Gasteiger partial charge in [0.05, 0.1) is 4.90 Å². The normalized spacial score (nSPS) is 12.9. The number of carboxylic acids is 1. The van der Waals surface area contributed by atoms with Crippen LogP contribution in [0.2, 0.25) is 0 Å². The maximum Gasteiger partial charge on any atom is 0.321 e. The zero-order valence-corrected chi connectivity index (χ0v) is 14.5. The predicted octanol–water partition coefficient (Wildman–Crippen LogP) is 1.21. The van der Waals surface area contributed by atoms with Crippen LogP contribution in [-0.2, 0) is 19.6 Å². The van der Waals surface area contributed by atoms with E-state index in [2.05, 4.69) is 31.9 Å². The second-order valence-electron chi connectivity index (χ2n) is 4.09. The highest BCUT2D eigenvalue weighted by molar-refractivity contribution is 9.11. The molecule has 0 bridgehead atoms. The van der Waals surface area contributed by atoms with Crippen LogP contribution in [0.15, 0.2) is 32.0 Å². The topological polar surface area (TPSA) is 127 Å². The summed E-state index contributed by atoms with van der Waals surface area (Å²) in [5.41, 5.74) is 4.93. The Morgan fingerprint density at radius 2 is 1.95 bits per heavy atom. The third kappa shape index (κ3) is 5.38. The van der Waals surface area contributed by atoms with E-state index in [-0.39, 0.29) is 22.2 Å². The Hall–Kier alpha value is -0.970. The van der Waals surface area contributed by atoms with Gasteiger partial charge in [-0.3, -0.25) is 9.59 Å². The highest BCUT2D eigenvalue weighted by Crippen LogP contribution is 2.25. The minimum absolute atomic E-state index is 0.101. The van der Waals surface area contributed by atoms with E-state index < -0.39 is 27.9 Å². The molecule has 0 aliphatic heterocycles. The molecule has 0 saturated heterocycles. The van der Waals surface area contributed by atoms with Gasteiger partial charge in [0.2, 0.25) is 15.9 Å². The molecule has 1 aromatic rings. The molecule has 0 unspecified atom stereocenters. The smallest absolute Gasteiger partial charge is 0.321 e. The van der Waals surface area contributed by atoms with Crippen LogP contribution in [-0.4, -0.2) is 31.4 Å². The molecule has 0 heterocycles. The first-order chi connectivity index (χ1) is 9.63. The summed E-state index contributed by atoms with van der Waals surface area (Å²) >= 11 is 6.29. The number of nitrogens with two attached hydrogens (primary N) is 1. The van der Waals surface area contributed by atoms with Gasteiger partial charge in [0.1, 0.15) is 6.04 Å². The van der Waals surface area contributed by atoms with Crippen molar-refractivity contribution in [2.24, 2.45) is 5.73 Å². The fraction of sp³-hybridized carbons (Fsp3) is 0.273. The van der Waals surface area contributed by atoms with Gasteiger partial charge in [-0.2, -0.15) is 4.72 Å². The number of aliphatic carboxylic acids is 1. The molecule has 1 rings (SSSR count). The summed E-state index contributed by atoms with van der Waals surface area (Å²) in [6, 6.07) is 2.92.